The number of carbonyl (C=O) groups excluding carboxylic acids is 2. The number of amides is 2. The van der Waals surface area contributed by atoms with Gasteiger partial charge in [0.2, 0.25) is 0 Å². The standard InChI is InChI=1S/C24H17ClN2O3/c25-18-10-12-19(13-11-18)26-23(28)21(27-24(29)22-9-4-14-30-22)15-17-7-3-6-16-5-1-2-8-20(16)17/h1-15H,(H,26,28)(H,27,29)/b21-15-. The van der Waals surface area contributed by atoms with Crippen molar-refractivity contribution in [2.45, 2.75) is 0 Å². The molecule has 0 radical (unpaired) electrons. The Kier molecular flexibility index (Phi) is 5.63. The smallest absolute Gasteiger partial charge is 0.291 e. The average molecular weight is 417 g/mol. The highest BCUT2D eigenvalue weighted by atomic mass is 35.5. The van der Waals surface area contributed by atoms with Crippen LogP contribution in [0.15, 0.2) is 95.2 Å². The van der Waals surface area contributed by atoms with Gasteiger partial charge in [0.05, 0.1) is 6.26 Å². The van der Waals surface area contributed by atoms with Gasteiger partial charge >= 0.3 is 0 Å². The number of nitrogens with one attached hydrogen (secondary N) is 2. The van der Waals surface area contributed by atoms with E-state index in [0.29, 0.717) is 10.7 Å². The third-order valence-electron chi connectivity index (χ3n) is 4.46. The van der Waals surface area contributed by atoms with Crippen LogP contribution >= 0.6 is 11.6 Å². The molecule has 2 N–H and O–H groups in total. The molecule has 3 aromatic carbocycles. The number of anilines is 1. The SMILES string of the molecule is O=C(Nc1ccc(Cl)cc1)/C(=C/c1cccc2ccccc12)NC(=O)c1ccco1. The summed E-state index contributed by atoms with van der Waals surface area (Å²) in [4.78, 5) is 25.5. The minimum Gasteiger partial charge on any atom is -0.459 e. The Morgan fingerprint density at radius 3 is 2.40 bits per heavy atom. The third kappa shape index (κ3) is 4.42. The summed E-state index contributed by atoms with van der Waals surface area (Å²) < 4.78 is 5.14. The van der Waals surface area contributed by atoms with Gasteiger partial charge in [0.15, 0.2) is 5.76 Å². The van der Waals surface area contributed by atoms with Crippen LogP contribution < -0.4 is 10.6 Å². The molecule has 1 aromatic heterocycles. The minimum absolute atomic E-state index is 0.0858. The van der Waals surface area contributed by atoms with Crippen LogP contribution in [0.3, 0.4) is 0 Å². The molecule has 5 nitrogen and oxygen atoms in total. The zero-order chi connectivity index (χ0) is 20.9. The number of rotatable bonds is 5. The van der Waals surface area contributed by atoms with Gasteiger partial charge in [0.25, 0.3) is 11.8 Å². The molecule has 0 bridgehead atoms. The Morgan fingerprint density at radius 1 is 0.867 bits per heavy atom. The molecule has 148 valence electrons. The monoisotopic (exact) mass is 416 g/mol. The maximum atomic E-state index is 13.0. The third-order valence-corrected chi connectivity index (χ3v) is 4.72. The van der Waals surface area contributed by atoms with Crippen LogP contribution in [-0.2, 0) is 4.79 Å². The van der Waals surface area contributed by atoms with Crippen LogP contribution in [0.4, 0.5) is 5.69 Å². The summed E-state index contributed by atoms with van der Waals surface area (Å²) in [5.41, 5.74) is 1.44. The highest BCUT2D eigenvalue weighted by molar-refractivity contribution is 6.30. The summed E-state index contributed by atoms with van der Waals surface area (Å²) in [5.74, 6) is -0.874. The van der Waals surface area contributed by atoms with Gasteiger partial charge in [-0.3, -0.25) is 9.59 Å². The van der Waals surface area contributed by atoms with E-state index in [-0.39, 0.29) is 11.5 Å². The second-order valence-corrected chi connectivity index (χ2v) is 6.96. The fourth-order valence-electron chi connectivity index (χ4n) is 3.01. The van der Waals surface area contributed by atoms with E-state index in [1.165, 1.54) is 12.3 Å². The Morgan fingerprint density at radius 2 is 1.63 bits per heavy atom. The van der Waals surface area contributed by atoms with Gasteiger partial charge in [-0.05, 0) is 58.8 Å². The van der Waals surface area contributed by atoms with E-state index in [1.807, 2.05) is 42.5 Å². The van der Waals surface area contributed by atoms with Crippen molar-refractivity contribution in [1.29, 1.82) is 0 Å². The summed E-state index contributed by atoms with van der Waals surface area (Å²) in [5, 5.41) is 7.98. The molecule has 0 atom stereocenters. The molecule has 0 spiro atoms. The van der Waals surface area contributed by atoms with Crippen LogP contribution in [0, 0.1) is 0 Å². The molecule has 0 aliphatic carbocycles. The molecule has 6 heteroatoms. The quantitative estimate of drug-likeness (QED) is 0.422. The summed E-state index contributed by atoms with van der Waals surface area (Å²) in [6.45, 7) is 0. The fraction of sp³-hybridized carbons (Fsp3) is 0. The topological polar surface area (TPSA) is 71.3 Å². The van der Waals surface area contributed by atoms with Crippen LogP contribution in [0.25, 0.3) is 16.8 Å². The predicted molar refractivity (Wildman–Crippen MR) is 118 cm³/mol. The molecule has 0 fully saturated rings. The van der Waals surface area contributed by atoms with Crippen molar-refractivity contribution in [3.05, 3.63) is 107 Å². The zero-order valence-electron chi connectivity index (χ0n) is 15.8. The van der Waals surface area contributed by atoms with Crippen molar-refractivity contribution in [3.63, 3.8) is 0 Å². The van der Waals surface area contributed by atoms with Gasteiger partial charge in [-0.1, -0.05) is 54.1 Å². The lowest BCUT2D eigenvalue weighted by molar-refractivity contribution is -0.113. The van der Waals surface area contributed by atoms with E-state index in [9.17, 15) is 9.59 Å². The van der Waals surface area contributed by atoms with Gasteiger partial charge in [-0.15, -0.1) is 0 Å². The summed E-state index contributed by atoms with van der Waals surface area (Å²) in [7, 11) is 0. The van der Waals surface area contributed by atoms with Gasteiger partial charge in [0.1, 0.15) is 5.70 Å². The lowest BCUT2D eigenvalue weighted by atomic mass is 10.0. The van der Waals surface area contributed by atoms with E-state index in [2.05, 4.69) is 10.6 Å². The molecule has 2 amide bonds. The maximum Gasteiger partial charge on any atom is 0.291 e. The van der Waals surface area contributed by atoms with Crippen LogP contribution in [0.1, 0.15) is 16.1 Å². The second kappa shape index (κ2) is 8.68. The highest BCUT2D eigenvalue weighted by Gasteiger charge is 2.17. The number of hydrogen-bond donors (Lipinski definition) is 2. The summed E-state index contributed by atoms with van der Waals surface area (Å²) in [6.07, 6.45) is 3.05. The first-order valence-corrected chi connectivity index (χ1v) is 9.59. The highest BCUT2D eigenvalue weighted by Crippen LogP contribution is 2.21. The number of fused-ring (bicyclic) bond motifs is 1. The molecule has 0 unspecified atom stereocenters. The molecule has 4 aromatic rings. The number of benzene rings is 3. The molecule has 30 heavy (non-hydrogen) atoms. The van der Waals surface area contributed by atoms with Gasteiger partial charge in [0, 0.05) is 10.7 Å². The first-order valence-electron chi connectivity index (χ1n) is 9.21. The second-order valence-electron chi connectivity index (χ2n) is 6.52. The van der Waals surface area contributed by atoms with Gasteiger partial charge < -0.3 is 15.1 Å². The maximum absolute atomic E-state index is 13.0. The number of hydrogen-bond acceptors (Lipinski definition) is 3. The minimum atomic E-state index is -0.516. The normalized spacial score (nSPS) is 11.3. The van der Waals surface area contributed by atoms with E-state index in [4.69, 9.17) is 16.0 Å². The van der Waals surface area contributed by atoms with Crippen molar-refractivity contribution in [1.82, 2.24) is 5.32 Å². The average Bonchev–Trinajstić information content (AvgIpc) is 3.30. The van der Waals surface area contributed by atoms with Gasteiger partial charge in [-0.2, -0.15) is 0 Å². The Balaban J connectivity index is 1.70. The molecule has 4 rings (SSSR count). The van der Waals surface area contributed by atoms with Crippen LogP contribution in [0.2, 0.25) is 5.02 Å². The first-order chi connectivity index (χ1) is 14.6. The molecular formula is C24H17ClN2O3. The van der Waals surface area contributed by atoms with Crippen molar-refractivity contribution in [3.8, 4) is 0 Å². The Bertz CT molecular complexity index is 1220. The number of furan rings is 1. The fourth-order valence-corrected chi connectivity index (χ4v) is 3.14. The summed E-state index contributed by atoms with van der Waals surface area (Å²) in [6, 6.07) is 23.4. The number of halogens is 1. The van der Waals surface area contributed by atoms with Crippen LogP contribution in [-0.4, -0.2) is 11.8 Å². The van der Waals surface area contributed by atoms with Crippen molar-refractivity contribution in [2.24, 2.45) is 0 Å². The molecule has 0 saturated carbocycles. The summed E-state index contributed by atoms with van der Waals surface area (Å²) >= 11 is 5.91. The van der Waals surface area contributed by atoms with Crippen molar-refractivity contribution in [2.75, 3.05) is 5.32 Å². The lowest BCUT2D eigenvalue weighted by Gasteiger charge is -2.11. The Labute approximate surface area is 178 Å². The molecule has 1 heterocycles. The molecule has 0 saturated heterocycles. The van der Waals surface area contributed by atoms with E-state index < -0.39 is 11.8 Å². The molecular weight excluding hydrogens is 400 g/mol. The van der Waals surface area contributed by atoms with E-state index >= 15 is 0 Å². The van der Waals surface area contributed by atoms with Gasteiger partial charge in [-0.25, -0.2) is 0 Å². The first kappa shape index (κ1) is 19.5. The lowest BCUT2D eigenvalue weighted by Crippen LogP contribution is -2.30. The van der Waals surface area contributed by atoms with Crippen molar-refractivity contribution >= 4 is 46.0 Å². The predicted octanol–water partition coefficient (Wildman–Crippen LogP) is 5.50. The Hall–Kier alpha value is -3.83. The molecule has 0 aliphatic heterocycles. The van der Waals surface area contributed by atoms with Crippen LogP contribution in [0.5, 0.6) is 0 Å². The van der Waals surface area contributed by atoms with E-state index in [0.717, 1.165) is 16.3 Å². The largest absolute Gasteiger partial charge is 0.459 e. The van der Waals surface area contributed by atoms with E-state index in [1.54, 1.807) is 36.4 Å². The zero-order valence-corrected chi connectivity index (χ0v) is 16.5. The van der Waals surface area contributed by atoms with Crippen molar-refractivity contribution < 1.29 is 14.0 Å². The number of carbonyl (C=O) groups is 2. The molecule has 0 aliphatic rings.